The van der Waals surface area contributed by atoms with Gasteiger partial charge in [-0.1, -0.05) is 0 Å². The lowest BCUT2D eigenvalue weighted by Gasteiger charge is -2.38. The molecule has 0 saturated heterocycles. The zero-order valence-electron chi connectivity index (χ0n) is 20.5. The van der Waals surface area contributed by atoms with E-state index < -0.39 is 30.9 Å². The summed E-state index contributed by atoms with van der Waals surface area (Å²) in [6.45, 7) is 5.91. The smallest absolute Gasteiger partial charge is 0.332 e. The quantitative estimate of drug-likeness (QED) is 0.234. The third-order valence-corrected chi connectivity index (χ3v) is 6.35. The molecule has 2 aromatic carbocycles. The third kappa shape index (κ3) is 9.51. The Morgan fingerprint density at radius 3 is 1.81 bits per heavy atom. The molecule has 1 aliphatic heterocycles. The molecule has 0 fully saturated rings. The van der Waals surface area contributed by atoms with E-state index in [1.54, 1.807) is 4.90 Å². The highest BCUT2D eigenvalue weighted by molar-refractivity contribution is 7.86. The van der Waals surface area contributed by atoms with Crippen LogP contribution in [0.3, 0.4) is 0 Å². The summed E-state index contributed by atoms with van der Waals surface area (Å²) in [5.74, 6) is 1.33. The lowest BCUT2D eigenvalue weighted by atomic mass is 10.1. The molecule has 204 valence electrons. The normalized spacial score (nSPS) is 15.1. The minimum atomic E-state index is -4.71. The molecule has 0 aliphatic carbocycles. The van der Waals surface area contributed by atoms with E-state index in [0.29, 0.717) is 31.1 Å². The van der Waals surface area contributed by atoms with Crippen LogP contribution >= 0.6 is 0 Å². The average Bonchev–Trinajstić information content (AvgIpc) is 2.78. The molecule has 3 rings (SSSR count). The van der Waals surface area contributed by atoms with Crippen molar-refractivity contribution in [3.63, 3.8) is 0 Å². The Balaban J connectivity index is 0.000000717. The van der Waals surface area contributed by atoms with Crippen LogP contribution < -0.4 is 25.8 Å². The predicted molar refractivity (Wildman–Crippen MR) is 139 cm³/mol. The van der Waals surface area contributed by atoms with E-state index in [1.165, 1.54) is 19.1 Å². The van der Waals surface area contributed by atoms with Gasteiger partial charge in [0.1, 0.15) is 17.2 Å². The fraction of sp³-hybridized carbons (Fsp3) is 0.364. The number of guanidine groups is 2. The second kappa shape index (κ2) is 12.2. The van der Waals surface area contributed by atoms with Crippen molar-refractivity contribution in [3.8, 4) is 11.5 Å². The topological polar surface area (TPSA) is 187 Å². The molecule has 12 nitrogen and oxygen atoms in total. The van der Waals surface area contributed by atoms with Gasteiger partial charge in [0, 0.05) is 12.1 Å². The van der Waals surface area contributed by atoms with Gasteiger partial charge in [-0.3, -0.25) is 9.45 Å². The van der Waals surface area contributed by atoms with Crippen LogP contribution in [0.25, 0.3) is 0 Å². The number of aliphatic imine (C=N–C) groups is 2. The zero-order valence-corrected chi connectivity index (χ0v) is 22.2. The van der Waals surface area contributed by atoms with Crippen molar-refractivity contribution >= 4 is 37.9 Å². The molecule has 37 heavy (non-hydrogen) atoms. The highest BCUT2D eigenvalue weighted by Gasteiger charge is 2.32. The fourth-order valence-electron chi connectivity index (χ4n) is 3.08. The molecule has 0 saturated carbocycles. The van der Waals surface area contributed by atoms with Crippen LogP contribution in [-0.2, 0) is 20.3 Å². The first-order valence-corrected chi connectivity index (χ1v) is 14.0. The number of rotatable bonds is 9. The largest absolute Gasteiger partial charge is 0.493 e. The van der Waals surface area contributed by atoms with E-state index in [4.69, 9.17) is 25.5 Å². The maximum Gasteiger partial charge on any atom is 0.332 e. The van der Waals surface area contributed by atoms with Gasteiger partial charge in [-0.2, -0.15) is 21.8 Å². The van der Waals surface area contributed by atoms with E-state index in [9.17, 15) is 20.7 Å². The molecular formula is C22H30FN5O7S2. The highest BCUT2D eigenvalue weighted by atomic mass is 32.3. The molecular weight excluding hydrogens is 529 g/mol. The molecule has 1 heterocycles. The summed E-state index contributed by atoms with van der Waals surface area (Å²) in [6, 6.07) is 12.5. The van der Waals surface area contributed by atoms with Gasteiger partial charge in [0.05, 0.1) is 23.9 Å². The minimum absolute atomic E-state index is 0.143. The Kier molecular flexibility index (Phi) is 9.83. The first-order chi connectivity index (χ1) is 17.1. The number of halogens is 1. The Hall–Kier alpha value is -3.43. The van der Waals surface area contributed by atoms with Crippen molar-refractivity contribution in [1.29, 1.82) is 0 Å². The van der Waals surface area contributed by atoms with Crippen LogP contribution in [-0.4, -0.2) is 57.9 Å². The van der Waals surface area contributed by atoms with Crippen molar-refractivity contribution in [3.05, 3.63) is 48.5 Å². The third-order valence-electron chi connectivity index (χ3n) is 4.78. The Labute approximate surface area is 215 Å². The molecule has 0 aromatic heterocycles. The average molecular weight is 560 g/mol. The van der Waals surface area contributed by atoms with Crippen molar-refractivity contribution < 1.29 is 34.7 Å². The lowest BCUT2D eigenvalue weighted by molar-refractivity contribution is 0.247. The van der Waals surface area contributed by atoms with Crippen LogP contribution in [0, 0.1) is 0 Å². The number of hydrogen-bond donors (Lipinski definition) is 3. The van der Waals surface area contributed by atoms with Crippen LogP contribution in [0.1, 0.15) is 27.2 Å². The predicted octanol–water partition coefficient (Wildman–Crippen LogP) is 2.27. The molecule has 1 aliphatic rings. The molecule has 0 spiro atoms. The van der Waals surface area contributed by atoms with Crippen LogP contribution in [0.4, 0.5) is 9.57 Å². The van der Waals surface area contributed by atoms with Crippen molar-refractivity contribution in [2.45, 2.75) is 37.8 Å². The van der Waals surface area contributed by atoms with Crippen LogP contribution in [0.5, 0.6) is 11.5 Å². The van der Waals surface area contributed by atoms with E-state index in [2.05, 4.69) is 9.98 Å². The van der Waals surface area contributed by atoms with Crippen LogP contribution in [0.2, 0.25) is 0 Å². The Morgan fingerprint density at radius 2 is 1.41 bits per heavy atom. The van der Waals surface area contributed by atoms with Crippen molar-refractivity contribution in [1.82, 2.24) is 0 Å². The highest BCUT2D eigenvalue weighted by Crippen LogP contribution is 2.28. The summed E-state index contributed by atoms with van der Waals surface area (Å²) in [4.78, 5) is 9.72. The first-order valence-electron chi connectivity index (χ1n) is 11.0. The molecule has 5 N–H and O–H groups in total. The number of ether oxygens (including phenoxy) is 2. The molecule has 0 bridgehead atoms. The Morgan fingerprint density at radius 1 is 0.946 bits per heavy atom. The van der Waals surface area contributed by atoms with Gasteiger partial charge in [0.2, 0.25) is 11.9 Å². The first kappa shape index (κ1) is 29.8. The zero-order chi connectivity index (χ0) is 27.9. The maximum absolute atomic E-state index is 12.9. The molecule has 2 aromatic rings. The van der Waals surface area contributed by atoms with Crippen molar-refractivity contribution in [2.75, 3.05) is 23.9 Å². The maximum atomic E-state index is 12.9. The molecule has 0 atom stereocenters. The summed E-state index contributed by atoms with van der Waals surface area (Å²) in [5, 5.41) is 0. The number of benzene rings is 2. The second-order valence-corrected chi connectivity index (χ2v) is 11.2. The summed E-state index contributed by atoms with van der Waals surface area (Å²) < 4.78 is 72.6. The fourth-order valence-corrected chi connectivity index (χ4v) is 3.54. The van der Waals surface area contributed by atoms with E-state index in [0.717, 1.165) is 17.8 Å². The Bertz CT molecular complexity index is 1330. The van der Waals surface area contributed by atoms with Gasteiger partial charge in [-0.25, -0.2) is 4.99 Å². The molecule has 0 amide bonds. The molecule has 0 unspecified atom stereocenters. The SMILES string of the molecule is CC1(C)N=C(N)N=C(N)N1c1ccc(OCCCOc2ccc(S(=O)(=O)F)cc2)cc1.CCS(=O)(=O)O. The monoisotopic (exact) mass is 559 g/mol. The van der Waals surface area contributed by atoms with Crippen LogP contribution in [0.15, 0.2) is 63.4 Å². The van der Waals surface area contributed by atoms with E-state index in [-0.39, 0.29) is 17.7 Å². The lowest BCUT2D eigenvalue weighted by Crippen LogP contribution is -2.54. The summed E-state index contributed by atoms with van der Waals surface area (Å²) in [6.07, 6.45) is 0.595. The van der Waals surface area contributed by atoms with Gasteiger partial charge in [0.25, 0.3) is 10.1 Å². The molecule has 0 radical (unpaired) electrons. The van der Waals surface area contributed by atoms with Crippen molar-refractivity contribution in [2.24, 2.45) is 21.5 Å². The van der Waals surface area contributed by atoms with E-state index >= 15 is 0 Å². The van der Waals surface area contributed by atoms with Gasteiger partial charge < -0.3 is 20.9 Å². The minimum Gasteiger partial charge on any atom is -0.493 e. The number of nitrogens with two attached hydrogens (primary N) is 2. The van der Waals surface area contributed by atoms with Gasteiger partial charge in [-0.15, -0.1) is 3.89 Å². The van der Waals surface area contributed by atoms with Gasteiger partial charge in [0.15, 0.2) is 0 Å². The number of anilines is 1. The number of hydrogen-bond acceptors (Lipinski definition) is 11. The standard InChI is InChI=1S/C20H24FN5O4S.C2H6O3S/c1-20(2)25-18(22)24-19(23)26(20)14-4-6-15(7-5-14)29-12-3-13-30-16-8-10-17(11-9-16)31(21,27)28;1-2-6(3,4)5/h4-11H,3,12-13H2,1-2H3,(H4,22,23,24,25);2H2,1H3,(H,3,4,5). The van der Waals surface area contributed by atoms with E-state index in [1.807, 2.05) is 38.1 Å². The second-order valence-electron chi connectivity index (χ2n) is 8.09. The molecule has 15 heteroatoms. The summed E-state index contributed by atoms with van der Waals surface area (Å²) >= 11 is 0. The summed E-state index contributed by atoms with van der Waals surface area (Å²) in [7, 11) is -8.37. The summed E-state index contributed by atoms with van der Waals surface area (Å²) in [5.41, 5.74) is 11.9. The number of nitrogens with zero attached hydrogens (tertiary/aromatic N) is 3. The van der Waals surface area contributed by atoms with Gasteiger partial charge >= 0.3 is 10.2 Å². The van der Waals surface area contributed by atoms with Gasteiger partial charge in [-0.05, 0) is 69.3 Å².